The average molecular weight is 476 g/mol. The van der Waals surface area contributed by atoms with E-state index < -0.39 is 0 Å². The van der Waals surface area contributed by atoms with E-state index in [2.05, 4.69) is 26.6 Å². The minimum absolute atomic E-state index is 0.0905. The number of anilines is 2. The van der Waals surface area contributed by atoms with Gasteiger partial charge in [0.15, 0.2) is 0 Å². The lowest BCUT2D eigenvalue weighted by atomic mass is 10.0. The minimum atomic E-state index is -0.368. The quantitative estimate of drug-likeness (QED) is 0.442. The Bertz CT molecular complexity index is 1090. The van der Waals surface area contributed by atoms with Gasteiger partial charge in [-0.2, -0.15) is 0 Å². The highest BCUT2D eigenvalue weighted by Crippen LogP contribution is 2.37. The smallest absolute Gasteiger partial charge is 0.259 e. The molecule has 5 nitrogen and oxygen atoms in total. The predicted octanol–water partition coefficient (Wildman–Crippen LogP) is 6.26. The van der Waals surface area contributed by atoms with Crippen LogP contribution in [0.25, 0.3) is 10.8 Å². The van der Waals surface area contributed by atoms with E-state index in [9.17, 15) is 9.59 Å². The molecule has 2 amide bonds. The van der Waals surface area contributed by atoms with Gasteiger partial charge in [0.1, 0.15) is 5.75 Å². The Morgan fingerprint density at radius 3 is 2.59 bits per heavy atom. The van der Waals surface area contributed by atoms with Crippen LogP contribution in [0, 0.1) is 0 Å². The van der Waals surface area contributed by atoms with Crippen molar-refractivity contribution in [3.8, 4) is 5.75 Å². The number of benzene rings is 3. The maximum absolute atomic E-state index is 13.0. The first-order valence-corrected chi connectivity index (χ1v) is 10.3. The maximum atomic E-state index is 13.0. The van der Waals surface area contributed by atoms with Crippen LogP contribution in [0.3, 0.4) is 0 Å². The second-order valence-corrected chi connectivity index (χ2v) is 7.64. The summed E-state index contributed by atoms with van der Waals surface area (Å²) in [4.78, 5) is 24.9. The number of carbonyl (C=O) groups excluding carboxylic acids is 2. The Kier molecular flexibility index (Phi) is 6.77. The highest BCUT2D eigenvalue weighted by Gasteiger charge is 2.19. The normalized spacial score (nSPS) is 10.6. The van der Waals surface area contributed by atoms with Gasteiger partial charge in [-0.1, -0.05) is 42.8 Å². The second kappa shape index (κ2) is 9.29. The van der Waals surface area contributed by atoms with E-state index in [1.54, 1.807) is 24.3 Å². The molecule has 0 saturated carbocycles. The molecule has 150 valence electrons. The number of ether oxygens (including phenoxy) is 1. The standard InChI is InChI=1S/C22H20BrClN2O3/c1-3-6-19(27)25-14-9-10-17(24)18(12-14)26-22(28)16-11-13-7-4-5-8-15(13)20(23)21(16)29-2/h4-5,7-12H,3,6H2,1-2H3,(H,25,27)(H,26,28). The van der Waals surface area contributed by atoms with Crippen LogP contribution in [-0.4, -0.2) is 18.9 Å². The van der Waals surface area contributed by atoms with Crippen molar-refractivity contribution in [3.05, 3.63) is 63.6 Å². The number of fused-ring (bicyclic) bond motifs is 1. The van der Waals surface area contributed by atoms with E-state index in [0.717, 1.165) is 17.2 Å². The third-order valence-electron chi connectivity index (χ3n) is 4.37. The topological polar surface area (TPSA) is 67.4 Å². The molecule has 0 aliphatic carbocycles. The fourth-order valence-electron chi connectivity index (χ4n) is 2.99. The number of carbonyl (C=O) groups is 2. The summed E-state index contributed by atoms with van der Waals surface area (Å²) in [5.41, 5.74) is 1.33. The van der Waals surface area contributed by atoms with Crippen LogP contribution in [0.15, 0.2) is 53.0 Å². The van der Waals surface area contributed by atoms with Gasteiger partial charge in [0.2, 0.25) is 5.91 Å². The lowest BCUT2D eigenvalue weighted by Gasteiger charge is -2.15. The van der Waals surface area contributed by atoms with Gasteiger partial charge in [-0.25, -0.2) is 0 Å². The summed E-state index contributed by atoms with van der Waals surface area (Å²) in [7, 11) is 1.52. The van der Waals surface area contributed by atoms with E-state index >= 15 is 0 Å². The zero-order valence-electron chi connectivity index (χ0n) is 16.0. The van der Waals surface area contributed by atoms with Crippen molar-refractivity contribution in [3.63, 3.8) is 0 Å². The van der Waals surface area contributed by atoms with Gasteiger partial charge in [-0.3, -0.25) is 9.59 Å². The van der Waals surface area contributed by atoms with Crippen molar-refractivity contribution in [2.24, 2.45) is 0 Å². The van der Waals surface area contributed by atoms with Crippen molar-refractivity contribution in [1.29, 1.82) is 0 Å². The third-order valence-corrected chi connectivity index (χ3v) is 5.48. The molecule has 0 aliphatic heterocycles. The van der Waals surface area contributed by atoms with Crippen LogP contribution < -0.4 is 15.4 Å². The zero-order valence-corrected chi connectivity index (χ0v) is 18.4. The molecule has 2 N–H and O–H groups in total. The second-order valence-electron chi connectivity index (χ2n) is 6.44. The summed E-state index contributed by atoms with van der Waals surface area (Å²) >= 11 is 9.79. The number of rotatable bonds is 6. The van der Waals surface area contributed by atoms with Crippen molar-refractivity contribution in [2.45, 2.75) is 19.8 Å². The average Bonchev–Trinajstić information content (AvgIpc) is 2.70. The Morgan fingerprint density at radius 2 is 1.86 bits per heavy atom. The van der Waals surface area contributed by atoms with E-state index in [1.807, 2.05) is 31.2 Å². The molecule has 3 aromatic carbocycles. The lowest BCUT2D eigenvalue weighted by Crippen LogP contribution is -2.15. The van der Waals surface area contributed by atoms with Gasteiger partial charge >= 0.3 is 0 Å². The highest BCUT2D eigenvalue weighted by atomic mass is 79.9. The van der Waals surface area contributed by atoms with Gasteiger partial charge in [0.25, 0.3) is 5.91 Å². The zero-order chi connectivity index (χ0) is 21.0. The Morgan fingerprint density at radius 1 is 1.10 bits per heavy atom. The molecule has 29 heavy (non-hydrogen) atoms. The summed E-state index contributed by atoms with van der Waals surface area (Å²) < 4.78 is 6.18. The Labute approximate surface area is 182 Å². The number of methoxy groups -OCH3 is 1. The molecule has 3 rings (SSSR count). The summed E-state index contributed by atoms with van der Waals surface area (Å²) in [5, 5.41) is 7.82. The number of hydrogen-bond acceptors (Lipinski definition) is 3. The molecule has 0 aromatic heterocycles. The summed E-state index contributed by atoms with van der Waals surface area (Å²) in [6, 6.07) is 14.4. The van der Waals surface area contributed by atoms with E-state index in [-0.39, 0.29) is 11.8 Å². The molecule has 0 spiro atoms. The Balaban J connectivity index is 1.93. The largest absolute Gasteiger partial charge is 0.495 e. The highest BCUT2D eigenvalue weighted by molar-refractivity contribution is 9.10. The molecule has 0 saturated heterocycles. The number of halogens is 2. The molecule has 0 fully saturated rings. The molecule has 0 bridgehead atoms. The van der Waals surface area contributed by atoms with Crippen molar-refractivity contribution >= 4 is 61.5 Å². The maximum Gasteiger partial charge on any atom is 0.259 e. The molecule has 0 heterocycles. The molecule has 0 atom stereocenters. The molecule has 3 aromatic rings. The van der Waals surface area contributed by atoms with Crippen molar-refractivity contribution in [1.82, 2.24) is 0 Å². The van der Waals surface area contributed by atoms with Crippen molar-refractivity contribution < 1.29 is 14.3 Å². The Hall–Kier alpha value is -2.57. The SMILES string of the molecule is CCCC(=O)Nc1ccc(Cl)c(NC(=O)c2cc3ccccc3c(Br)c2OC)c1. The first-order chi connectivity index (χ1) is 13.9. The number of amides is 2. The van der Waals surface area contributed by atoms with Crippen LogP contribution in [0.4, 0.5) is 11.4 Å². The first kappa shape index (κ1) is 21.1. The van der Waals surface area contributed by atoms with E-state index in [0.29, 0.717) is 38.6 Å². The molecule has 7 heteroatoms. The third kappa shape index (κ3) is 4.71. The van der Waals surface area contributed by atoms with Gasteiger partial charge in [-0.05, 0) is 57.4 Å². The lowest BCUT2D eigenvalue weighted by molar-refractivity contribution is -0.116. The molecule has 0 aliphatic rings. The van der Waals surface area contributed by atoms with Gasteiger partial charge in [-0.15, -0.1) is 0 Å². The van der Waals surface area contributed by atoms with Crippen molar-refractivity contribution in [2.75, 3.05) is 17.7 Å². The van der Waals surface area contributed by atoms with Crippen LogP contribution in [0.1, 0.15) is 30.1 Å². The van der Waals surface area contributed by atoms with Crippen LogP contribution in [-0.2, 0) is 4.79 Å². The molecule has 0 radical (unpaired) electrons. The molecular weight excluding hydrogens is 456 g/mol. The van der Waals surface area contributed by atoms with Gasteiger partial charge in [0.05, 0.1) is 27.9 Å². The summed E-state index contributed by atoms with van der Waals surface area (Å²) in [6.45, 7) is 1.93. The summed E-state index contributed by atoms with van der Waals surface area (Å²) in [6.07, 6.45) is 1.17. The number of hydrogen-bond donors (Lipinski definition) is 2. The van der Waals surface area contributed by atoms with Crippen LogP contribution in [0.5, 0.6) is 5.75 Å². The summed E-state index contributed by atoms with van der Waals surface area (Å²) in [5.74, 6) is -0.0239. The number of nitrogens with one attached hydrogen (secondary N) is 2. The monoisotopic (exact) mass is 474 g/mol. The first-order valence-electron chi connectivity index (χ1n) is 9.10. The van der Waals surface area contributed by atoms with Gasteiger partial charge < -0.3 is 15.4 Å². The fraction of sp³-hybridized carbons (Fsp3) is 0.182. The van der Waals surface area contributed by atoms with Crippen LogP contribution in [0.2, 0.25) is 5.02 Å². The minimum Gasteiger partial charge on any atom is -0.495 e. The predicted molar refractivity (Wildman–Crippen MR) is 121 cm³/mol. The van der Waals surface area contributed by atoms with E-state index in [4.69, 9.17) is 16.3 Å². The molecular formula is C22H20BrClN2O3. The van der Waals surface area contributed by atoms with Crippen LogP contribution >= 0.6 is 27.5 Å². The van der Waals surface area contributed by atoms with Gasteiger partial charge in [0, 0.05) is 12.1 Å². The van der Waals surface area contributed by atoms with E-state index in [1.165, 1.54) is 7.11 Å². The molecule has 0 unspecified atom stereocenters. The fourth-order valence-corrected chi connectivity index (χ4v) is 3.89.